The Balaban J connectivity index is 2.19. The molecule has 0 bridgehead atoms. The van der Waals surface area contributed by atoms with Gasteiger partial charge >= 0.3 is 5.97 Å². The summed E-state index contributed by atoms with van der Waals surface area (Å²) in [7, 11) is -3.41. The smallest absolute Gasteiger partial charge is 0.322 e. The van der Waals surface area contributed by atoms with Crippen LogP contribution in [0, 0.1) is 11.3 Å². The topological polar surface area (TPSA) is 138 Å². The molecule has 0 aliphatic carbocycles. The number of carboxylic acid groups (broad SMARTS) is 1. The van der Waals surface area contributed by atoms with E-state index in [0.717, 1.165) is 6.26 Å². The van der Waals surface area contributed by atoms with E-state index >= 15 is 0 Å². The van der Waals surface area contributed by atoms with Crippen LogP contribution in [0.2, 0.25) is 0 Å². The number of carboxylic acids is 1. The van der Waals surface area contributed by atoms with Crippen molar-refractivity contribution < 1.29 is 18.3 Å². The first-order chi connectivity index (χ1) is 13.3. The van der Waals surface area contributed by atoms with Crippen LogP contribution in [0.4, 0.5) is 5.82 Å². The van der Waals surface area contributed by atoms with Crippen molar-refractivity contribution in [2.75, 3.05) is 18.1 Å². The second-order valence-electron chi connectivity index (χ2n) is 5.83. The van der Waals surface area contributed by atoms with Crippen molar-refractivity contribution in [1.82, 2.24) is 14.8 Å². The van der Waals surface area contributed by atoms with Gasteiger partial charge in [-0.2, -0.15) is 5.26 Å². The van der Waals surface area contributed by atoms with Gasteiger partial charge in [0, 0.05) is 18.0 Å². The zero-order valence-corrected chi connectivity index (χ0v) is 15.5. The van der Waals surface area contributed by atoms with Gasteiger partial charge in [-0.1, -0.05) is 30.3 Å². The van der Waals surface area contributed by atoms with Crippen molar-refractivity contribution in [3.8, 4) is 23.1 Å². The van der Waals surface area contributed by atoms with E-state index in [0.29, 0.717) is 11.3 Å². The van der Waals surface area contributed by atoms with Gasteiger partial charge in [0.1, 0.15) is 18.2 Å². The average Bonchev–Trinajstić information content (AvgIpc) is 3.05. The summed E-state index contributed by atoms with van der Waals surface area (Å²) in [6.07, 6.45) is 2.28. The summed E-state index contributed by atoms with van der Waals surface area (Å²) in [6.45, 7) is -0.416. The summed E-state index contributed by atoms with van der Waals surface area (Å²) in [5.41, 5.74) is 1.24. The fourth-order valence-electron chi connectivity index (χ4n) is 2.55. The molecule has 0 spiro atoms. The van der Waals surface area contributed by atoms with Gasteiger partial charge in [-0.15, -0.1) is 5.10 Å². The van der Waals surface area contributed by atoms with E-state index in [2.05, 4.69) is 15.4 Å². The summed E-state index contributed by atoms with van der Waals surface area (Å²) in [6, 6.07) is 13.9. The fraction of sp³-hybridized carbons (Fsp3) is 0.111. The number of nitrogens with zero attached hydrogens (tertiary/aromatic N) is 4. The number of hydrogen-bond acceptors (Lipinski definition) is 7. The molecule has 1 aromatic carbocycles. The third-order valence-electron chi connectivity index (χ3n) is 3.82. The van der Waals surface area contributed by atoms with Gasteiger partial charge in [0.05, 0.1) is 10.6 Å². The third-order valence-corrected chi connectivity index (χ3v) is 4.92. The minimum absolute atomic E-state index is 0.0504. The van der Waals surface area contributed by atoms with Crippen molar-refractivity contribution in [2.45, 2.75) is 4.90 Å². The molecule has 0 saturated heterocycles. The van der Waals surface area contributed by atoms with Gasteiger partial charge in [0.15, 0.2) is 21.5 Å². The maximum atomic E-state index is 11.7. The first-order valence-corrected chi connectivity index (χ1v) is 9.91. The first kappa shape index (κ1) is 19.1. The molecule has 9 nitrogen and oxygen atoms in total. The Labute approximate surface area is 160 Å². The van der Waals surface area contributed by atoms with E-state index in [9.17, 15) is 18.5 Å². The van der Waals surface area contributed by atoms with Crippen LogP contribution in [0.15, 0.2) is 53.6 Å². The number of benzene rings is 1. The van der Waals surface area contributed by atoms with Crippen LogP contribution in [0.25, 0.3) is 17.1 Å². The van der Waals surface area contributed by atoms with Gasteiger partial charge < -0.3 is 10.4 Å². The molecule has 2 N–H and O–H groups in total. The molecule has 10 heteroatoms. The van der Waals surface area contributed by atoms with Crippen molar-refractivity contribution in [2.24, 2.45) is 0 Å². The molecule has 2 heterocycles. The Bertz CT molecular complexity index is 1160. The lowest BCUT2D eigenvalue weighted by molar-refractivity contribution is -0.134. The molecule has 0 unspecified atom stereocenters. The molecule has 0 atom stereocenters. The highest BCUT2D eigenvalue weighted by Gasteiger charge is 2.21. The largest absolute Gasteiger partial charge is 0.480 e. The van der Waals surface area contributed by atoms with Gasteiger partial charge in [-0.25, -0.2) is 18.1 Å². The van der Waals surface area contributed by atoms with Crippen LogP contribution in [0.1, 0.15) is 5.56 Å². The number of nitriles is 1. The van der Waals surface area contributed by atoms with Crippen molar-refractivity contribution in [1.29, 1.82) is 5.26 Å². The van der Waals surface area contributed by atoms with Crippen LogP contribution < -0.4 is 5.32 Å². The molecule has 0 saturated carbocycles. The summed E-state index contributed by atoms with van der Waals surface area (Å²) in [5, 5.41) is 25.5. The van der Waals surface area contributed by atoms with Gasteiger partial charge in [0.25, 0.3) is 0 Å². The number of aliphatic carboxylic acids is 1. The van der Waals surface area contributed by atoms with E-state index in [1.54, 1.807) is 24.3 Å². The van der Waals surface area contributed by atoms with E-state index in [1.165, 1.54) is 23.0 Å². The molecule has 0 amide bonds. The molecule has 28 heavy (non-hydrogen) atoms. The average molecular weight is 397 g/mol. The summed E-state index contributed by atoms with van der Waals surface area (Å²) < 4.78 is 24.7. The zero-order chi connectivity index (χ0) is 20.3. The highest BCUT2D eigenvalue weighted by molar-refractivity contribution is 7.90. The third kappa shape index (κ3) is 3.84. The number of carbonyl (C=O) groups is 1. The molecule has 142 valence electrons. The summed E-state index contributed by atoms with van der Waals surface area (Å²) in [4.78, 5) is 15.1. The van der Waals surface area contributed by atoms with E-state index < -0.39 is 22.4 Å². The number of hydrogen-bond donors (Lipinski definition) is 2. The zero-order valence-electron chi connectivity index (χ0n) is 14.7. The molecule has 3 aromatic rings. The molecule has 2 aromatic heterocycles. The Kier molecular flexibility index (Phi) is 5.10. The fourth-order valence-corrected chi connectivity index (χ4v) is 3.11. The number of pyridine rings is 1. The summed E-state index contributed by atoms with van der Waals surface area (Å²) in [5.74, 6) is -0.723. The van der Waals surface area contributed by atoms with E-state index in [1.807, 2.05) is 12.1 Å². The lowest BCUT2D eigenvalue weighted by Gasteiger charge is -2.07. The van der Waals surface area contributed by atoms with E-state index in [4.69, 9.17) is 5.11 Å². The first-order valence-electron chi connectivity index (χ1n) is 8.02. The summed E-state index contributed by atoms with van der Waals surface area (Å²) >= 11 is 0. The number of nitrogens with one attached hydrogen (secondary N) is 1. The number of rotatable bonds is 6. The standard InChI is InChI=1S/C18H15N5O4S/c1-28(26,27)13-7-8-15(20-10-13)23-17(12-5-3-2-4-6-12)14(9-19)18(22-23)21-11-16(24)25/h2-8,10H,11H2,1H3,(H,21,22)(H,24,25). The number of aromatic nitrogens is 3. The van der Waals surface area contributed by atoms with Crippen molar-refractivity contribution >= 4 is 21.6 Å². The monoisotopic (exact) mass is 397 g/mol. The molecule has 0 aliphatic heterocycles. The predicted molar refractivity (Wildman–Crippen MR) is 101 cm³/mol. The second kappa shape index (κ2) is 7.50. The molecule has 3 rings (SSSR count). The Hall–Kier alpha value is -3.71. The molecule has 0 radical (unpaired) electrons. The van der Waals surface area contributed by atoms with Crippen LogP contribution in [-0.4, -0.2) is 47.1 Å². The Morgan fingerprint density at radius 1 is 1.25 bits per heavy atom. The second-order valence-corrected chi connectivity index (χ2v) is 7.85. The SMILES string of the molecule is CS(=O)(=O)c1ccc(-n2nc(NCC(=O)O)c(C#N)c2-c2ccccc2)nc1. The van der Waals surface area contributed by atoms with Crippen LogP contribution in [0.5, 0.6) is 0 Å². The highest BCUT2D eigenvalue weighted by atomic mass is 32.2. The number of anilines is 1. The van der Waals surface area contributed by atoms with Crippen LogP contribution in [-0.2, 0) is 14.6 Å². The van der Waals surface area contributed by atoms with Crippen molar-refractivity contribution in [3.05, 3.63) is 54.2 Å². The number of sulfone groups is 1. The minimum Gasteiger partial charge on any atom is -0.480 e. The maximum absolute atomic E-state index is 11.7. The van der Waals surface area contributed by atoms with Crippen molar-refractivity contribution in [3.63, 3.8) is 0 Å². The Morgan fingerprint density at radius 3 is 2.50 bits per heavy atom. The minimum atomic E-state index is -3.41. The van der Waals surface area contributed by atoms with Gasteiger partial charge in [0.2, 0.25) is 0 Å². The molecule has 0 fully saturated rings. The van der Waals surface area contributed by atoms with Gasteiger partial charge in [-0.3, -0.25) is 4.79 Å². The Morgan fingerprint density at radius 2 is 1.96 bits per heavy atom. The molecular formula is C18H15N5O4S. The normalized spacial score (nSPS) is 11.0. The predicted octanol–water partition coefficient (Wildman–Crippen LogP) is 1.71. The van der Waals surface area contributed by atoms with E-state index in [-0.39, 0.29) is 22.1 Å². The quantitative estimate of drug-likeness (QED) is 0.641. The lowest BCUT2D eigenvalue weighted by Crippen LogP contribution is -2.13. The molecular weight excluding hydrogens is 382 g/mol. The maximum Gasteiger partial charge on any atom is 0.322 e. The lowest BCUT2D eigenvalue weighted by atomic mass is 10.1. The highest BCUT2D eigenvalue weighted by Crippen LogP contribution is 2.30. The van der Waals surface area contributed by atoms with Gasteiger partial charge in [-0.05, 0) is 12.1 Å². The van der Waals surface area contributed by atoms with Crippen LogP contribution in [0.3, 0.4) is 0 Å². The van der Waals surface area contributed by atoms with Crippen LogP contribution >= 0.6 is 0 Å². The molecule has 0 aliphatic rings.